The Bertz CT molecular complexity index is 792. The first kappa shape index (κ1) is 19.7. The molecule has 1 aromatic heterocycles. The Morgan fingerprint density at radius 1 is 0.931 bits per heavy atom. The van der Waals surface area contributed by atoms with Gasteiger partial charge in [0, 0.05) is 32.2 Å². The number of hydrogen-bond acceptors (Lipinski definition) is 4. The van der Waals surface area contributed by atoms with Crippen LogP contribution in [-0.2, 0) is 4.79 Å². The summed E-state index contributed by atoms with van der Waals surface area (Å²) in [4.78, 5) is 29.8. The molecule has 1 unspecified atom stereocenters. The Hall–Kier alpha value is -2.60. The molecule has 2 amide bonds. The maximum atomic E-state index is 13.3. The summed E-state index contributed by atoms with van der Waals surface area (Å²) in [6.45, 7) is 2.48. The Balaban J connectivity index is 1.44. The maximum absolute atomic E-state index is 13.3. The van der Waals surface area contributed by atoms with Crippen molar-refractivity contribution in [1.82, 2.24) is 15.1 Å². The van der Waals surface area contributed by atoms with E-state index in [0.717, 1.165) is 18.4 Å². The van der Waals surface area contributed by atoms with Gasteiger partial charge in [-0.2, -0.15) is 0 Å². The van der Waals surface area contributed by atoms with Gasteiger partial charge in [-0.25, -0.2) is 0 Å². The highest BCUT2D eigenvalue weighted by Gasteiger charge is 2.33. The molecule has 6 heteroatoms. The van der Waals surface area contributed by atoms with E-state index in [1.165, 1.54) is 25.5 Å². The lowest BCUT2D eigenvalue weighted by molar-refractivity contribution is -0.128. The topological polar surface area (TPSA) is 65.8 Å². The SMILES string of the molecule is O=C(NC1CCCCC1)C(c1ccccc1)N1CCN(C(=O)c2ccco2)CC1. The molecule has 1 atom stereocenters. The lowest BCUT2D eigenvalue weighted by Gasteiger charge is -2.39. The normalized spacial score (nSPS) is 19.7. The number of furan rings is 1. The third kappa shape index (κ3) is 4.70. The highest BCUT2D eigenvalue weighted by atomic mass is 16.3. The molecule has 0 bridgehead atoms. The van der Waals surface area contributed by atoms with Gasteiger partial charge in [-0.15, -0.1) is 0 Å². The predicted molar refractivity (Wildman–Crippen MR) is 110 cm³/mol. The van der Waals surface area contributed by atoms with E-state index in [4.69, 9.17) is 4.42 Å². The van der Waals surface area contributed by atoms with Crippen molar-refractivity contribution >= 4 is 11.8 Å². The summed E-state index contributed by atoms with van der Waals surface area (Å²) < 4.78 is 5.25. The molecule has 2 aromatic rings. The number of nitrogens with one attached hydrogen (secondary N) is 1. The van der Waals surface area contributed by atoms with Gasteiger partial charge in [0.15, 0.2) is 5.76 Å². The van der Waals surface area contributed by atoms with Crippen molar-refractivity contribution in [3.05, 3.63) is 60.1 Å². The minimum absolute atomic E-state index is 0.0777. The third-order valence-corrected chi connectivity index (χ3v) is 6.01. The Kier molecular flexibility index (Phi) is 6.30. The van der Waals surface area contributed by atoms with Gasteiger partial charge in [0.05, 0.1) is 6.26 Å². The number of nitrogens with zero attached hydrogens (tertiary/aromatic N) is 2. The molecule has 1 aliphatic heterocycles. The van der Waals surface area contributed by atoms with Crippen LogP contribution >= 0.6 is 0 Å². The summed E-state index contributed by atoms with van der Waals surface area (Å²) in [5.74, 6) is 0.361. The smallest absolute Gasteiger partial charge is 0.289 e. The van der Waals surface area contributed by atoms with Crippen molar-refractivity contribution in [2.75, 3.05) is 26.2 Å². The molecule has 1 saturated carbocycles. The van der Waals surface area contributed by atoms with Gasteiger partial charge in [-0.1, -0.05) is 49.6 Å². The van der Waals surface area contributed by atoms with Crippen LogP contribution in [-0.4, -0.2) is 53.8 Å². The number of rotatable bonds is 5. The number of hydrogen-bond donors (Lipinski definition) is 1. The number of piperazine rings is 1. The van der Waals surface area contributed by atoms with Crippen LogP contribution in [0, 0.1) is 0 Å². The van der Waals surface area contributed by atoms with Crippen molar-refractivity contribution < 1.29 is 14.0 Å². The molecule has 1 saturated heterocycles. The van der Waals surface area contributed by atoms with E-state index in [9.17, 15) is 9.59 Å². The minimum Gasteiger partial charge on any atom is -0.459 e. The van der Waals surface area contributed by atoms with Crippen LogP contribution in [0.1, 0.15) is 54.3 Å². The summed E-state index contributed by atoms with van der Waals surface area (Å²) in [6, 6.07) is 13.4. The monoisotopic (exact) mass is 395 g/mol. The molecule has 154 valence electrons. The predicted octanol–water partition coefficient (Wildman–Crippen LogP) is 3.23. The van der Waals surface area contributed by atoms with E-state index in [-0.39, 0.29) is 23.9 Å². The fourth-order valence-corrected chi connectivity index (χ4v) is 4.43. The summed E-state index contributed by atoms with van der Waals surface area (Å²) in [6.07, 6.45) is 7.30. The molecule has 6 nitrogen and oxygen atoms in total. The molecule has 1 aliphatic carbocycles. The van der Waals surface area contributed by atoms with Gasteiger partial charge in [0.2, 0.25) is 5.91 Å². The first-order chi connectivity index (χ1) is 14.2. The van der Waals surface area contributed by atoms with Crippen LogP contribution in [0.15, 0.2) is 53.1 Å². The van der Waals surface area contributed by atoms with Crippen LogP contribution in [0.3, 0.4) is 0 Å². The van der Waals surface area contributed by atoms with Crippen LogP contribution < -0.4 is 5.32 Å². The van der Waals surface area contributed by atoms with Crippen molar-refractivity contribution in [2.45, 2.75) is 44.2 Å². The molecule has 2 aliphatic rings. The molecule has 0 radical (unpaired) electrons. The van der Waals surface area contributed by atoms with E-state index < -0.39 is 0 Å². The highest BCUT2D eigenvalue weighted by molar-refractivity contribution is 5.91. The quantitative estimate of drug-likeness (QED) is 0.844. The van der Waals surface area contributed by atoms with E-state index in [1.54, 1.807) is 17.0 Å². The van der Waals surface area contributed by atoms with E-state index in [1.807, 2.05) is 30.3 Å². The third-order valence-electron chi connectivity index (χ3n) is 6.01. The second-order valence-electron chi connectivity index (χ2n) is 7.96. The molecule has 4 rings (SSSR count). The molecular formula is C23H29N3O3. The van der Waals surface area contributed by atoms with Crippen molar-refractivity contribution in [3.63, 3.8) is 0 Å². The number of benzene rings is 1. The van der Waals surface area contributed by atoms with Crippen molar-refractivity contribution in [3.8, 4) is 0 Å². The fourth-order valence-electron chi connectivity index (χ4n) is 4.43. The number of carbonyl (C=O) groups is 2. The standard InChI is InChI=1S/C23H29N3O3/c27-22(24-19-10-5-2-6-11-19)21(18-8-3-1-4-9-18)25-13-15-26(16-14-25)23(28)20-12-7-17-29-20/h1,3-4,7-9,12,17,19,21H,2,5-6,10-11,13-16H2,(H,24,27). The molecule has 0 spiro atoms. The van der Waals surface area contributed by atoms with Gasteiger partial charge >= 0.3 is 0 Å². The first-order valence-electron chi connectivity index (χ1n) is 10.6. The summed E-state index contributed by atoms with van der Waals surface area (Å²) in [5, 5.41) is 3.29. The van der Waals surface area contributed by atoms with Gasteiger partial charge in [0.25, 0.3) is 5.91 Å². The molecule has 29 heavy (non-hydrogen) atoms. The lowest BCUT2D eigenvalue weighted by atomic mass is 9.94. The average molecular weight is 396 g/mol. The van der Waals surface area contributed by atoms with Crippen molar-refractivity contribution in [2.24, 2.45) is 0 Å². The van der Waals surface area contributed by atoms with Gasteiger partial charge in [-0.05, 0) is 30.5 Å². The zero-order valence-electron chi connectivity index (χ0n) is 16.8. The first-order valence-corrected chi connectivity index (χ1v) is 10.6. The summed E-state index contributed by atoms with van der Waals surface area (Å²) in [5.41, 5.74) is 1.01. The Morgan fingerprint density at radius 2 is 1.66 bits per heavy atom. The van der Waals surface area contributed by atoms with E-state index in [0.29, 0.717) is 31.9 Å². The van der Waals surface area contributed by atoms with Gasteiger partial charge < -0.3 is 14.6 Å². The molecular weight excluding hydrogens is 366 g/mol. The van der Waals surface area contributed by atoms with Gasteiger partial charge in [0.1, 0.15) is 6.04 Å². The van der Waals surface area contributed by atoms with Gasteiger partial charge in [-0.3, -0.25) is 14.5 Å². The van der Waals surface area contributed by atoms with E-state index in [2.05, 4.69) is 10.2 Å². The molecule has 2 fully saturated rings. The Morgan fingerprint density at radius 3 is 2.31 bits per heavy atom. The van der Waals surface area contributed by atoms with Crippen LogP contribution in [0.25, 0.3) is 0 Å². The second-order valence-corrected chi connectivity index (χ2v) is 7.96. The molecule has 1 aromatic carbocycles. The zero-order valence-corrected chi connectivity index (χ0v) is 16.8. The van der Waals surface area contributed by atoms with Crippen molar-refractivity contribution in [1.29, 1.82) is 0 Å². The average Bonchev–Trinajstić information content (AvgIpc) is 3.30. The number of carbonyl (C=O) groups excluding carboxylic acids is 2. The minimum atomic E-state index is -0.320. The highest BCUT2D eigenvalue weighted by Crippen LogP contribution is 2.25. The summed E-state index contributed by atoms with van der Waals surface area (Å²) >= 11 is 0. The molecule has 1 N–H and O–H groups in total. The van der Waals surface area contributed by atoms with Crippen LogP contribution in [0.4, 0.5) is 0 Å². The van der Waals surface area contributed by atoms with Crippen LogP contribution in [0.2, 0.25) is 0 Å². The largest absolute Gasteiger partial charge is 0.459 e. The summed E-state index contributed by atoms with van der Waals surface area (Å²) in [7, 11) is 0. The number of amides is 2. The Labute approximate surface area is 171 Å². The zero-order chi connectivity index (χ0) is 20.1. The van der Waals surface area contributed by atoms with E-state index >= 15 is 0 Å². The second kappa shape index (κ2) is 9.27. The lowest BCUT2D eigenvalue weighted by Crippen LogP contribution is -2.53. The van der Waals surface area contributed by atoms with Crippen LogP contribution in [0.5, 0.6) is 0 Å². The maximum Gasteiger partial charge on any atom is 0.289 e. The fraction of sp³-hybridized carbons (Fsp3) is 0.478. The molecule has 2 heterocycles.